The van der Waals surface area contributed by atoms with Crippen LogP contribution in [0.1, 0.15) is 24.0 Å². The van der Waals surface area contributed by atoms with Gasteiger partial charge in [-0.05, 0) is 43.3 Å². The molecule has 0 aromatic heterocycles. The Labute approximate surface area is 193 Å². The maximum atomic E-state index is 13.0. The largest absolute Gasteiger partial charge is 0.416 e. The van der Waals surface area contributed by atoms with Crippen molar-refractivity contribution in [2.75, 3.05) is 31.6 Å². The highest BCUT2D eigenvalue weighted by Gasteiger charge is 2.52. The first-order chi connectivity index (χ1) is 16.1. The summed E-state index contributed by atoms with van der Waals surface area (Å²) in [7, 11) is 0. The molecule has 1 spiro atoms. The number of benzene rings is 1. The van der Waals surface area contributed by atoms with Crippen molar-refractivity contribution in [1.82, 2.24) is 15.1 Å². The van der Waals surface area contributed by atoms with Crippen molar-refractivity contribution in [1.29, 1.82) is 0 Å². The van der Waals surface area contributed by atoms with Gasteiger partial charge in [-0.2, -0.15) is 13.2 Å². The van der Waals surface area contributed by atoms with E-state index in [0.29, 0.717) is 32.6 Å². The summed E-state index contributed by atoms with van der Waals surface area (Å²) in [6.07, 6.45) is 0.574. The Hall–Kier alpha value is -3.45. The van der Waals surface area contributed by atoms with E-state index in [4.69, 9.17) is 5.73 Å². The van der Waals surface area contributed by atoms with Crippen LogP contribution in [0.2, 0.25) is 0 Å². The summed E-state index contributed by atoms with van der Waals surface area (Å²) in [5.74, 6) is -1.31. The van der Waals surface area contributed by atoms with E-state index in [-0.39, 0.29) is 11.3 Å². The number of piperidine rings is 1. The molecule has 4 amide bonds. The average molecular weight is 482 g/mol. The lowest BCUT2D eigenvalue weighted by Crippen LogP contribution is -2.55. The molecule has 2 aliphatic heterocycles. The van der Waals surface area contributed by atoms with Crippen LogP contribution in [-0.4, -0.2) is 70.8 Å². The number of carbonyl (C=O) groups excluding carboxylic acids is 3. The molecule has 1 aromatic carbocycles. The first-order valence-corrected chi connectivity index (χ1v) is 10.4. The molecule has 2 fully saturated rings. The van der Waals surface area contributed by atoms with Crippen LogP contribution >= 0.6 is 0 Å². The predicted molar refractivity (Wildman–Crippen MR) is 116 cm³/mol. The van der Waals surface area contributed by atoms with Gasteiger partial charge in [0, 0.05) is 30.6 Å². The molecule has 34 heavy (non-hydrogen) atoms. The van der Waals surface area contributed by atoms with Crippen molar-refractivity contribution < 1.29 is 32.7 Å². The lowest BCUT2D eigenvalue weighted by molar-refractivity contribution is -0.137. The standard InChI is InChI=1S/C21H25F3N6O4/c22-21(23,24)15-2-3-16(14(10-15)12-31)27-17(32)11-30-18(33)20(28-19(30)34)4-8-29(9-5-20)13-26-7-1-6-25/h1-3,6-7,10,31H,4-5,8-9,11-13,25H2,(H,27,32)(H,28,34)/b6-1-,26-7-. The number of hydrogen-bond donors (Lipinski definition) is 4. The van der Waals surface area contributed by atoms with Gasteiger partial charge < -0.3 is 21.5 Å². The molecule has 13 heteroatoms. The van der Waals surface area contributed by atoms with Crippen LogP contribution in [0.3, 0.4) is 0 Å². The normalized spacial score (nSPS) is 18.9. The third-order valence-electron chi connectivity index (χ3n) is 5.72. The number of alkyl halides is 3. The van der Waals surface area contributed by atoms with E-state index >= 15 is 0 Å². The van der Waals surface area contributed by atoms with Crippen LogP contribution in [0.15, 0.2) is 35.5 Å². The van der Waals surface area contributed by atoms with Gasteiger partial charge in [0.25, 0.3) is 5.91 Å². The van der Waals surface area contributed by atoms with E-state index < -0.39 is 48.3 Å². The number of rotatable bonds is 7. The van der Waals surface area contributed by atoms with Crippen molar-refractivity contribution in [2.45, 2.75) is 31.2 Å². The van der Waals surface area contributed by atoms with Crippen LogP contribution < -0.4 is 16.4 Å². The molecule has 2 saturated heterocycles. The Balaban J connectivity index is 1.61. The third-order valence-corrected chi connectivity index (χ3v) is 5.72. The first-order valence-electron chi connectivity index (χ1n) is 10.4. The van der Waals surface area contributed by atoms with E-state index in [1.165, 1.54) is 6.20 Å². The molecular formula is C21H25F3N6O4. The molecule has 5 N–H and O–H groups in total. The van der Waals surface area contributed by atoms with Gasteiger partial charge in [-0.15, -0.1) is 0 Å². The molecule has 1 aromatic rings. The minimum Gasteiger partial charge on any atom is -0.405 e. The van der Waals surface area contributed by atoms with E-state index in [2.05, 4.69) is 15.6 Å². The number of allylic oxidation sites excluding steroid dienone is 1. The van der Waals surface area contributed by atoms with Crippen molar-refractivity contribution in [3.63, 3.8) is 0 Å². The molecule has 0 saturated carbocycles. The third kappa shape index (κ3) is 5.54. The monoisotopic (exact) mass is 482 g/mol. The second kappa shape index (κ2) is 10.2. The number of urea groups is 1. The lowest BCUT2D eigenvalue weighted by Gasteiger charge is -2.36. The summed E-state index contributed by atoms with van der Waals surface area (Å²) < 4.78 is 38.6. The molecule has 0 aliphatic carbocycles. The number of aliphatic hydroxyl groups is 1. The lowest BCUT2D eigenvalue weighted by atomic mass is 9.87. The SMILES string of the molecule is N/C=C\C=N/CN1CCC2(CC1)NC(=O)N(CC(=O)Nc1ccc(C(F)(F)F)cc1CO)C2=O. The van der Waals surface area contributed by atoms with Gasteiger partial charge in [0.05, 0.1) is 18.8 Å². The van der Waals surface area contributed by atoms with E-state index in [1.807, 2.05) is 4.90 Å². The van der Waals surface area contributed by atoms with E-state index in [9.17, 15) is 32.7 Å². The quantitative estimate of drug-likeness (QED) is 0.338. The number of nitrogens with zero attached hydrogens (tertiary/aromatic N) is 3. The summed E-state index contributed by atoms with van der Waals surface area (Å²) in [6, 6.07) is 1.79. The number of aliphatic hydroxyl groups excluding tert-OH is 1. The highest BCUT2D eigenvalue weighted by Crippen LogP contribution is 2.32. The molecule has 10 nitrogen and oxygen atoms in total. The van der Waals surface area contributed by atoms with Gasteiger partial charge in [0.15, 0.2) is 0 Å². The van der Waals surface area contributed by atoms with Crippen LogP contribution in [0.5, 0.6) is 0 Å². The summed E-state index contributed by atoms with van der Waals surface area (Å²) in [5.41, 5.74) is 2.96. The summed E-state index contributed by atoms with van der Waals surface area (Å²) in [6.45, 7) is 0.0594. The Bertz CT molecular complexity index is 1000. The van der Waals surface area contributed by atoms with Gasteiger partial charge in [0.2, 0.25) is 5.91 Å². The minimum absolute atomic E-state index is 0.0411. The fraction of sp³-hybridized carbons (Fsp3) is 0.429. The van der Waals surface area contributed by atoms with Gasteiger partial charge in [-0.1, -0.05) is 0 Å². The predicted octanol–water partition coefficient (Wildman–Crippen LogP) is 1.02. The number of imide groups is 1. The second-order valence-corrected chi connectivity index (χ2v) is 7.96. The van der Waals surface area contributed by atoms with Crippen molar-refractivity contribution in [3.05, 3.63) is 41.6 Å². The van der Waals surface area contributed by atoms with E-state index in [0.717, 1.165) is 23.1 Å². The minimum atomic E-state index is -4.61. The number of nitrogens with two attached hydrogens (primary N) is 1. The number of likely N-dealkylation sites (tertiary alicyclic amines) is 1. The summed E-state index contributed by atoms with van der Waals surface area (Å²) >= 11 is 0. The fourth-order valence-electron chi connectivity index (χ4n) is 3.86. The molecular weight excluding hydrogens is 457 g/mol. The zero-order valence-electron chi connectivity index (χ0n) is 18.1. The topological polar surface area (TPSA) is 140 Å². The Kier molecular flexibility index (Phi) is 7.57. The number of carbonyl (C=O) groups is 3. The zero-order valence-corrected chi connectivity index (χ0v) is 18.1. The Morgan fingerprint density at radius 3 is 2.62 bits per heavy atom. The van der Waals surface area contributed by atoms with Crippen LogP contribution in [0.25, 0.3) is 0 Å². The maximum absolute atomic E-state index is 13.0. The molecule has 0 bridgehead atoms. The number of aliphatic imine (C=N–C) groups is 1. The van der Waals surface area contributed by atoms with Gasteiger partial charge >= 0.3 is 12.2 Å². The second-order valence-electron chi connectivity index (χ2n) is 7.96. The highest BCUT2D eigenvalue weighted by atomic mass is 19.4. The molecule has 184 valence electrons. The average Bonchev–Trinajstić information content (AvgIpc) is 3.01. The Morgan fingerprint density at radius 1 is 1.29 bits per heavy atom. The Morgan fingerprint density at radius 2 is 2.00 bits per heavy atom. The zero-order chi connectivity index (χ0) is 24.9. The highest BCUT2D eigenvalue weighted by molar-refractivity contribution is 6.10. The molecule has 3 rings (SSSR count). The fourth-order valence-corrected chi connectivity index (χ4v) is 3.86. The smallest absolute Gasteiger partial charge is 0.405 e. The maximum Gasteiger partial charge on any atom is 0.416 e. The van der Waals surface area contributed by atoms with Crippen molar-refractivity contribution in [2.24, 2.45) is 10.7 Å². The van der Waals surface area contributed by atoms with Crippen molar-refractivity contribution >= 4 is 29.7 Å². The number of hydrogen-bond acceptors (Lipinski definition) is 7. The van der Waals surface area contributed by atoms with Gasteiger partial charge in [0.1, 0.15) is 12.1 Å². The van der Waals surface area contributed by atoms with Crippen molar-refractivity contribution in [3.8, 4) is 0 Å². The van der Waals surface area contributed by atoms with Crippen LogP contribution in [0.4, 0.5) is 23.7 Å². The number of amides is 4. The molecule has 0 atom stereocenters. The molecule has 2 aliphatic rings. The van der Waals surface area contributed by atoms with Crippen LogP contribution in [-0.2, 0) is 22.4 Å². The molecule has 0 radical (unpaired) electrons. The molecule has 0 unspecified atom stereocenters. The summed E-state index contributed by atoms with van der Waals surface area (Å²) in [5, 5.41) is 14.4. The number of nitrogens with one attached hydrogen (secondary N) is 2. The number of halogens is 3. The van der Waals surface area contributed by atoms with E-state index in [1.54, 1.807) is 12.3 Å². The van der Waals surface area contributed by atoms with Crippen LogP contribution in [0, 0.1) is 0 Å². The van der Waals surface area contributed by atoms with Gasteiger partial charge in [-0.25, -0.2) is 4.79 Å². The summed E-state index contributed by atoms with van der Waals surface area (Å²) in [4.78, 5) is 44.9. The molecule has 2 heterocycles. The number of anilines is 1. The first kappa shape index (κ1) is 25.2. The van der Waals surface area contributed by atoms with Gasteiger partial charge in [-0.3, -0.25) is 24.4 Å².